The summed E-state index contributed by atoms with van der Waals surface area (Å²) in [5.41, 5.74) is 8.04. The molecule has 180 valence electrons. The number of rotatable bonds is 10. The summed E-state index contributed by atoms with van der Waals surface area (Å²) in [7, 11) is 0. The molecule has 2 saturated heterocycles. The minimum Gasteiger partial charge on any atom is -0.463 e. The van der Waals surface area contributed by atoms with Gasteiger partial charge in [-0.3, -0.25) is 9.69 Å². The molecule has 1 atom stereocenters. The van der Waals surface area contributed by atoms with Gasteiger partial charge in [0.05, 0.1) is 19.8 Å². The van der Waals surface area contributed by atoms with Crippen LogP contribution >= 0.6 is 0 Å². The van der Waals surface area contributed by atoms with Crippen LogP contribution in [0.3, 0.4) is 0 Å². The van der Waals surface area contributed by atoms with Crippen molar-refractivity contribution in [2.24, 2.45) is 5.92 Å². The van der Waals surface area contributed by atoms with E-state index in [0.29, 0.717) is 37.2 Å². The van der Waals surface area contributed by atoms with Crippen LogP contribution in [0.15, 0.2) is 23.8 Å². The summed E-state index contributed by atoms with van der Waals surface area (Å²) in [6, 6.07) is 0.248. The number of amides is 1. The van der Waals surface area contributed by atoms with Crippen LogP contribution in [0.4, 0.5) is 17.3 Å². The second-order valence-electron chi connectivity index (χ2n) is 9.01. The van der Waals surface area contributed by atoms with E-state index in [1.807, 2.05) is 4.90 Å². The van der Waals surface area contributed by atoms with Gasteiger partial charge in [0.1, 0.15) is 5.69 Å². The maximum absolute atomic E-state index is 12.3. The maximum atomic E-state index is 12.3. The van der Waals surface area contributed by atoms with E-state index in [4.69, 9.17) is 15.2 Å². The van der Waals surface area contributed by atoms with Gasteiger partial charge in [-0.2, -0.15) is 9.97 Å². The van der Waals surface area contributed by atoms with Crippen molar-refractivity contribution in [3.05, 3.63) is 23.8 Å². The van der Waals surface area contributed by atoms with Gasteiger partial charge in [0, 0.05) is 25.6 Å². The fourth-order valence-electron chi connectivity index (χ4n) is 4.51. The molecule has 33 heavy (non-hydrogen) atoms. The molecule has 1 unspecified atom stereocenters. The number of hydrogen-bond donors (Lipinski definition) is 2. The lowest BCUT2D eigenvalue weighted by Gasteiger charge is -2.30. The largest absolute Gasteiger partial charge is 0.463 e. The van der Waals surface area contributed by atoms with Gasteiger partial charge < -0.3 is 25.4 Å². The third-order valence-corrected chi connectivity index (χ3v) is 6.34. The molecule has 3 aliphatic heterocycles. The van der Waals surface area contributed by atoms with Crippen molar-refractivity contribution in [3.8, 4) is 6.01 Å². The van der Waals surface area contributed by atoms with E-state index in [1.54, 1.807) is 0 Å². The van der Waals surface area contributed by atoms with Gasteiger partial charge in [0.15, 0.2) is 11.6 Å². The summed E-state index contributed by atoms with van der Waals surface area (Å²) in [6.07, 6.45) is 12.0. The summed E-state index contributed by atoms with van der Waals surface area (Å²) in [5.74, 6) is 1.10. The average molecular weight is 457 g/mol. The molecule has 0 aromatic carbocycles. The van der Waals surface area contributed by atoms with Crippen LogP contribution in [-0.4, -0.2) is 73.3 Å². The minimum absolute atomic E-state index is 0.107. The van der Waals surface area contributed by atoms with E-state index in [-0.39, 0.29) is 24.3 Å². The van der Waals surface area contributed by atoms with Gasteiger partial charge in [0.25, 0.3) is 0 Å². The minimum atomic E-state index is -0.107. The zero-order valence-corrected chi connectivity index (χ0v) is 19.6. The summed E-state index contributed by atoms with van der Waals surface area (Å²) >= 11 is 0. The van der Waals surface area contributed by atoms with Crippen LogP contribution in [0, 0.1) is 5.92 Å². The number of aromatic nitrogens is 2. The fraction of sp³-hybridized carbons (Fsp3) is 0.625. The molecule has 4 heterocycles. The van der Waals surface area contributed by atoms with Gasteiger partial charge in [-0.05, 0) is 52.1 Å². The molecule has 2 fully saturated rings. The topological polar surface area (TPSA) is 106 Å². The fourth-order valence-corrected chi connectivity index (χ4v) is 4.51. The molecule has 1 aromatic rings. The highest BCUT2D eigenvalue weighted by atomic mass is 16.5. The standard InChI is InChI=1S/C24H36N6O3/c1-2-3-7-18(14-29-10-4-5-11-29)8-6-12-30-15-20(31)26-21-22(25)27-24(28-23(21)30)33-17-19-9-13-32-16-19/h2-3,8,19H,4-7,9-17H2,1H3,(H,26,31)(H2,25,27,28)/b3-2-,18-8+. The zero-order chi connectivity index (χ0) is 23.0. The van der Waals surface area contributed by atoms with Crippen LogP contribution in [-0.2, 0) is 9.53 Å². The van der Waals surface area contributed by atoms with Crippen molar-refractivity contribution >= 4 is 23.2 Å². The number of nitrogens with two attached hydrogens (primary N) is 1. The first-order valence-electron chi connectivity index (χ1n) is 12.1. The van der Waals surface area contributed by atoms with Crippen LogP contribution in [0.25, 0.3) is 0 Å². The molecule has 9 nitrogen and oxygen atoms in total. The number of nitrogen functional groups attached to an aromatic ring is 1. The second kappa shape index (κ2) is 11.5. The van der Waals surface area contributed by atoms with Crippen molar-refractivity contribution in [1.29, 1.82) is 0 Å². The highest BCUT2D eigenvalue weighted by molar-refractivity contribution is 6.03. The normalized spacial score (nSPS) is 21.6. The van der Waals surface area contributed by atoms with Crippen molar-refractivity contribution in [2.45, 2.75) is 39.0 Å². The summed E-state index contributed by atoms with van der Waals surface area (Å²) in [6.45, 7) is 8.30. The molecule has 0 saturated carbocycles. The quantitative estimate of drug-likeness (QED) is 0.518. The lowest BCUT2D eigenvalue weighted by atomic mass is 10.1. The Bertz CT molecular complexity index is 875. The Hall–Kier alpha value is -2.65. The molecule has 4 rings (SSSR count). The Morgan fingerprint density at radius 3 is 2.94 bits per heavy atom. The Morgan fingerprint density at radius 2 is 2.18 bits per heavy atom. The number of allylic oxidation sites excluding steroid dienone is 2. The average Bonchev–Trinajstić information content (AvgIpc) is 3.51. The Kier molecular flexibility index (Phi) is 8.17. The van der Waals surface area contributed by atoms with E-state index in [1.165, 1.54) is 31.5 Å². The lowest BCUT2D eigenvalue weighted by Crippen LogP contribution is -2.40. The van der Waals surface area contributed by atoms with Crippen LogP contribution < -0.4 is 20.7 Å². The molecule has 0 radical (unpaired) electrons. The van der Waals surface area contributed by atoms with Crippen molar-refractivity contribution < 1.29 is 14.3 Å². The smallest absolute Gasteiger partial charge is 0.320 e. The molecule has 9 heteroatoms. The first kappa shape index (κ1) is 23.5. The van der Waals surface area contributed by atoms with Gasteiger partial charge in [0.2, 0.25) is 5.91 Å². The number of fused-ring (bicyclic) bond motifs is 1. The van der Waals surface area contributed by atoms with Gasteiger partial charge in [-0.1, -0.05) is 23.8 Å². The van der Waals surface area contributed by atoms with Crippen LogP contribution in [0.2, 0.25) is 0 Å². The Balaban J connectivity index is 1.43. The Labute approximate surface area is 196 Å². The second-order valence-corrected chi connectivity index (χ2v) is 9.01. The molecular weight excluding hydrogens is 420 g/mol. The number of nitrogens with one attached hydrogen (secondary N) is 1. The number of ether oxygens (including phenoxy) is 2. The number of carbonyl (C=O) groups excluding carboxylic acids is 1. The van der Waals surface area contributed by atoms with Crippen LogP contribution in [0.5, 0.6) is 6.01 Å². The molecule has 1 amide bonds. The monoisotopic (exact) mass is 456 g/mol. The lowest BCUT2D eigenvalue weighted by molar-refractivity contribution is -0.115. The molecule has 0 bridgehead atoms. The predicted molar refractivity (Wildman–Crippen MR) is 130 cm³/mol. The Morgan fingerprint density at radius 1 is 1.33 bits per heavy atom. The predicted octanol–water partition coefficient (Wildman–Crippen LogP) is 2.61. The molecule has 0 aliphatic carbocycles. The van der Waals surface area contributed by atoms with Crippen molar-refractivity contribution in [1.82, 2.24) is 14.9 Å². The summed E-state index contributed by atoms with van der Waals surface area (Å²) in [5, 5.41) is 2.82. The molecular formula is C24H36N6O3. The van der Waals surface area contributed by atoms with E-state index < -0.39 is 0 Å². The number of anilines is 3. The van der Waals surface area contributed by atoms with E-state index >= 15 is 0 Å². The molecule has 1 aromatic heterocycles. The summed E-state index contributed by atoms with van der Waals surface area (Å²) in [4.78, 5) is 25.6. The SMILES string of the molecule is C/C=C\C/C(=C\CCN1CC(=O)Nc2c(N)nc(OCC3CCOC3)nc21)CN1CCCC1. The van der Waals surface area contributed by atoms with E-state index in [9.17, 15) is 4.79 Å². The molecule has 3 aliphatic rings. The van der Waals surface area contributed by atoms with Crippen molar-refractivity contribution in [3.63, 3.8) is 0 Å². The van der Waals surface area contributed by atoms with E-state index in [0.717, 1.165) is 32.4 Å². The molecule has 0 spiro atoms. The van der Waals surface area contributed by atoms with Crippen molar-refractivity contribution in [2.75, 3.05) is 68.5 Å². The molecule has 3 N–H and O–H groups in total. The van der Waals surface area contributed by atoms with Gasteiger partial charge >= 0.3 is 6.01 Å². The number of likely N-dealkylation sites (tertiary alicyclic amines) is 1. The number of nitrogens with zero attached hydrogens (tertiary/aromatic N) is 4. The first-order chi connectivity index (χ1) is 16.1. The van der Waals surface area contributed by atoms with Gasteiger partial charge in [-0.25, -0.2) is 0 Å². The number of hydrogen-bond acceptors (Lipinski definition) is 8. The van der Waals surface area contributed by atoms with E-state index in [2.05, 4.69) is 45.3 Å². The zero-order valence-electron chi connectivity index (χ0n) is 19.6. The van der Waals surface area contributed by atoms with Crippen LogP contribution in [0.1, 0.15) is 39.0 Å². The highest BCUT2D eigenvalue weighted by Gasteiger charge is 2.27. The van der Waals surface area contributed by atoms with Gasteiger partial charge in [-0.15, -0.1) is 0 Å². The third-order valence-electron chi connectivity index (χ3n) is 6.34. The maximum Gasteiger partial charge on any atom is 0.320 e. The highest BCUT2D eigenvalue weighted by Crippen LogP contribution is 2.33. The number of carbonyl (C=O) groups is 1. The summed E-state index contributed by atoms with van der Waals surface area (Å²) < 4.78 is 11.2. The third kappa shape index (κ3) is 6.45. The first-order valence-corrected chi connectivity index (χ1v) is 12.1.